The van der Waals surface area contributed by atoms with Gasteiger partial charge >= 0.3 is 0 Å². The summed E-state index contributed by atoms with van der Waals surface area (Å²) in [4.78, 5) is 12.9. The molecule has 1 saturated carbocycles. The van der Waals surface area contributed by atoms with Gasteiger partial charge in [0.25, 0.3) is 0 Å². The lowest BCUT2D eigenvalue weighted by atomic mass is 9.95. The number of thioether (sulfide) groups is 1. The van der Waals surface area contributed by atoms with Gasteiger partial charge in [-0.2, -0.15) is 4.52 Å². The number of aromatic nitrogens is 4. The van der Waals surface area contributed by atoms with Gasteiger partial charge in [-0.1, -0.05) is 42.4 Å². The minimum absolute atomic E-state index is 0.0657. The Hall–Kier alpha value is -2.33. The van der Waals surface area contributed by atoms with Gasteiger partial charge < -0.3 is 14.8 Å². The molecule has 10 heteroatoms. The number of methoxy groups -OCH3 is 1. The van der Waals surface area contributed by atoms with Crippen LogP contribution in [0.2, 0.25) is 0 Å². The van der Waals surface area contributed by atoms with Gasteiger partial charge in [0.2, 0.25) is 10.9 Å². The van der Waals surface area contributed by atoms with Crippen molar-refractivity contribution in [3.05, 3.63) is 30.1 Å². The Balaban J connectivity index is 1.31. The zero-order chi connectivity index (χ0) is 20.1. The quantitative estimate of drug-likeness (QED) is 0.545. The fourth-order valence-electron chi connectivity index (χ4n) is 3.25. The van der Waals surface area contributed by atoms with E-state index in [0.717, 1.165) is 22.9 Å². The number of fused-ring (bicyclic) bond motifs is 1. The second kappa shape index (κ2) is 9.45. The van der Waals surface area contributed by atoms with Crippen LogP contribution in [0.5, 0.6) is 11.5 Å². The summed E-state index contributed by atoms with van der Waals surface area (Å²) < 4.78 is 13.4. The molecule has 0 unspecified atom stereocenters. The zero-order valence-corrected chi connectivity index (χ0v) is 17.8. The topological polar surface area (TPSA) is 90.6 Å². The zero-order valence-electron chi connectivity index (χ0n) is 16.2. The van der Waals surface area contributed by atoms with E-state index in [1.165, 1.54) is 42.4 Å². The molecule has 0 atom stereocenters. The lowest BCUT2D eigenvalue weighted by molar-refractivity contribution is -0.119. The van der Waals surface area contributed by atoms with Gasteiger partial charge in [-0.3, -0.25) is 4.79 Å². The Morgan fingerprint density at radius 3 is 2.72 bits per heavy atom. The van der Waals surface area contributed by atoms with Crippen LogP contribution in [-0.4, -0.2) is 44.6 Å². The summed E-state index contributed by atoms with van der Waals surface area (Å²) in [6, 6.07) is 7.68. The molecular weight excluding hydrogens is 410 g/mol. The third-order valence-electron chi connectivity index (χ3n) is 4.76. The molecule has 3 aromatic rings. The Kier molecular flexibility index (Phi) is 6.50. The van der Waals surface area contributed by atoms with Crippen molar-refractivity contribution in [3.8, 4) is 11.5 Å². The molecule has 0 aliphatic heterocycles. The van der Waals surface area contributed by atoms with E-state index in [0.29, 0.717) is 28.3 Å². The molecule has 0 bridgehead atoms. The predicted octanol–water partition coefficient (Wildman–Crippen LogP) is 3.31. The predicted molar refractivity (Wildman–Crippen MR) is 112 cm³/mol. The standard InChI is InChI=1S/C19H23N5O3S2/c1-26-14-7-9-15(10-8-14)27-11-16-21-22-18-24(16)23-19(29-18)28-12-17(25)20-13-5-3-2-4-6-13/h7-10,13H,2-6,11-12H2,1H3,(H,20,25). The number of benzene rings is 1. The highest BCUT2D eigenvalue weighted by Gasteiger charge is 2.17. The fourth-order valence-corrected chi connectivity index (χ4v) is 4.96. The molecule has 8 nitrogen and oxygen atoms in total. The number of amides is 1. The lowest BCUT2D eigenvalue weighted by Crippen LogP contribution is -2.37. The van der Waals surface area contributed by atoms with Crippen LogP contribution in [-0.2, 0) is 11.4 Å². The van der Waals surface area contributed by atoms with Crippen molar-refractivity contribution in [2.45, 2.75) is 49.1 Å². The van der Waals surface area contributed by atoms with Gasteiger partial charge in [0.05, 0.1) is 12.9 Å². The summed E-state index contributed by atoms with van der Waals surface area (Å²) in [6.07, 6.45) is 5.86. The normalized spacial score (nSPS) is 14.8. The maximum Gasteiger partial charge on any atom is 0.235 e. The minimum atomic E-state index is 0.0657. The van der Waals surface area contributed by atoms with Crippen molar-refractivity contribution in [1.29, 1.82) is 0 Å². The first-order valence-electron chi connectivity index (χ1n) is 9.61. The summed E-state index contributed by atoms with van der Waals surface area (Å²) in [5.41, 5.74) is 0. The van der Waals surface area contributed by atoms with Crippen molar-refractivity contribution >= 4 is 34.0 Å². The highest BCUT2D eigenvalue weighted by atomic mass is 32.2. The van der Waals surface area contributed by atoms with Crippen molar-refractivity contribution in [1.82, 2.24) is 25.1 Å². The monoisotopic (exact) mass is 433 g/mol. The molecule has 0 radical (unpaired) electrons. The Labute approximate surface area is 177 Å². The third kappa shape index (κ3) is 5.18. The van der Waals surface area contributed by atoms with E-state index in [1.807, 2.05) is 24.3 Å². The van der Waals surface area contributed by atoms with E-state index < -0.39 is 0 Å². The lowest BCUT2D eigenvalue weighted by Gasteiger charge is -2.22. The summed E-state index contributed by atoms with van der Waals surface area (Å²) in [7, 11) is 1.63. The fraction of sp³-hybridized carbons (Fsp3) is 0.474. The van der Waals surface area contributed by atoms with Crippen LogP contribution in [0, 0.1) is 0 Å². The average molecular weight is 434 g/mol. The number of nitrogens with one attached hydrogen (secondary N) is 1. The van der Waals surface area contributed by atoms with Gasteiger partial charge in [0.15, 0.2) is 10.2 Å². The molecule has 1 aliphatic rings. The third-order valence-corrected chi connectivity index (χ3v) is 6.79. The minimum Gasteiger partial charge on any atom is -0.497 e. The van der Waals surface area contributed by atoms with Gasteiger partial charge in [-0.05, 0) is 37.1 Å². The average Bonchev–Trinajstić information content (AvgIpc) is 3.32. The van der Waals surface area contributed by atoms with Crippen molar-refractivity contribution in [3.63, 3.8) is 0 Å². The molecule has 1 aromatic carbocycles. The first kappa shape index (κ1) is 20.0. The number of ether oxygens (including phenoxy) is 2. The second-order valence-electron chi connectivity index (χ2n) is 6.83. The maximum atomic E-state index is 12.2. The van der Waals surface area contributed by atoms with Crippen LogP contribution in [0.3, 0.4) is 0 Å². The van der Waals surface area contributed by atoms with E-state index in [4.69, 9.17) is 9.47 Å². The Bertz CT molecular complexity index is 951. The van der Waals surface area contributed by atoms with E-state index in [2.05, 4.69) is 20.6 Å². The SMILES string of the molecule is COc1ccc(OCc2nnc3sc(SCC(=O)NC4CCCCC4)nn23)cc1. The van der Waals surface area contributed by atoms with E-state index in [1.54, 1.807) is 11.6 Å². The molecule has 154 valence electrons. The molecular formula is C19H23N5O3S2. The Morgan fingerprint density at radius 1 is 1.21 bits per heavy atom. The highest BCUT2D eigenvalue weighted by Crippen LogP contribution is 2.25. The van der Waals surface area contributed by atoms with Crippen LogP contribution in [0.1, 0.15) is 37.9 Å². The molecule has 0 spiro atoms. The molecule has 1 N–H and O–H groups in total. The molecule has 29 heavy (non-hydrogen) atoms. The summed E-state index contributed by atoms with van der Waals surface area (Å²) in [5, 5.41) is 15.9. The van der Waals surface area contributed by atoms with Crippen LogP contribution in [0.15, 0.2) is 28.6 Å². The van der Waals surface area contributed by atoms with Crippen molar-refractivity contribution in [2.24, 2.45) is 0 Å². The number of hydrogen-bond acceptors (Lipinski definition) is 8. The highest BCUT2D eigenvalue weighted by molar-refractivity contribution is 8.01. The number of rotatable bonds is 8. The van der Waals surface area contributed by atoms with Crippen LogP contribution in [0.25, 0.3) is 4.96 Å². The van der Waals surface area contributed by atoms with E-state index in [9.17, 15) is 4.79 Å². The summed E-state index contributed by atoms with van der Waals surface area (Å²) in [5.74, 6) is 2.53. The van der Waals surface area contributed by atoms with Crippen LogP contribution >= 0.6 is 23.1 Å². The molecule has 2 aromatic heterocycles. The number of hydrogen-bond donors (Lipinski definition) is 1. The van der Waals surface area contributed by atoms with Gasteiger partial charge in [0.1, 0.15) is 18.1 Å². The van der Waals surface area contributed by atoms with E-state index in [-0.39, 0.29) is 12.5 Å². The van der Waals surface area contributed by atoms with Gasteiger partial charge in [-0.25, -0.2) is 0 Å². The molecule has 4 rings (SSSR count). The van der Waals surface area contributed by atoms with E-state index >= 15 is 0 Å². The number of nitrogens with zero attached hydrogens (tertiary/aromatic N) is 4. The first-order chi connectivity index (χ1) is 14.2. The number of carbonyl (C=O) groups excluding carboxylic acids is 1. The molecule has 0 saturated heterocycles. The summed E-state index contributed by atoms with van der Waals surface area (Å²) in [6.45, 7) is 0.253. The van der Waals surface area contributed by atoms with Gasteiger partial charge in [-0.15, -0.1) is 15.3 Å². The maximum absolute atomic E-state index is 12.2. The van der Waals surface area contributed by atoms with Crippen molar-refractivity contribution < 1.29 is 14.3 Å². The first-order valence-corrected chi connectivity index (χ1v) is 11.4. The molecule has 1 aliphatic carbocycles. The largest absolute Gasteiger partial charge is 0.497 e. The smallest absolute Gasteiger partial charge is 0.235 e. The number of carbonyl (C=O) groups is 1. The molecule has 1 amide bonds. The molecule has 1 fully saturated rings. The van der Waals surface area contributed by atoms with Crippen molar-refractivity contribution in [2.75, 3.05) is 12.9 Å². The molecule has 2 heterocycles. The summed E-state index contributed by atoms with van der Waals surface area (Å²) >= 11 is 2.85. The van der Waals surface area contributed by atoms with Crippen LogP contribution < -0.4 is 14.8 Å². The Morgan fingerprint density at radius 2 is 1.97 bits per heavy atom. The van der Waals surface area contributed by atoms with Gasteiger partial charge in [0, 0.05) is 6.04 Å². The second-order valence-corrected chi connectivity index (χ2v) is 9.01. The van der Waals surface area contributed by atoms with Crippen LogP contribution in [0.4, 0.5) is 0 Å².